The van der Waals surface area contributed by atoms with Crippen molar-refractivity contribution < 1.29 is 4.74 Å². The Kier molecular flexibility index (Phi) is 5.66. The first-order valence-corrected chi connectivity index (χ1v) is 10.7. The van der Waals surface area contributed by atoms with E-state index in [-0.39, 0.29) is 11.9 Å². The van der Waals surface area contributed by atoms with Crippen LogP contribution < -0.4 is 15.4 Å². The van der Waals surface area contributed by atoms with Crippen LogP contribution in [0.2, 0.25) is 0 Å². The van der Waals surface area contributed by atoms with Crippen molar-refractivity contribution in [2.24, 2.45) is 18.7 Å². The molecule has 0 aliphatic carbocycles. The summed E-state index contributed by atoms with van der Waals surface area (Å²) in [4.78, 5) is 7.19. The van der Waals surface area contributed by atoms with Crippen molar-refractivity contribution >= 4 is 22.6 Å². The Labute approximate surface area is 178 Å². The quantitative estimate of drug-likeness (QED) is 0.478. The molecule has 0 saturated carbocycles. The molecule has 6 heteroatoms. The van der Waals surface area contributed by atoms with Crippen molar-refractivity contribution in [3.8, 4) is 5.75 Å². The van der Waals surface area contributed by atoms with Crippen molar-refractivity contribution in [3.05, 3.63) is 53.9 Å². The highest BCUT2D eigenvalue weighted by molar-refractivity contribution is 6.00. The Hall–Kier alpha value is -3.02. The standard InChI is InChI=1S/C24H31N5O/c1-16(2)30-18-8-9-19(24(25)26)22(15-18)29-12-10-17(11-13-29)14-23-27-20-6-4-5-7-21(20)28(23)3/h4-9,15-17H,10-14H2,1-3H3,(H3,25,26). The molecule has 1 aliphatic heterocycles. The predicted molar refractivity (Wildman–Crippen MR) is 123 cm³/mol. The van der Waals surface area contributed by atoms with Crippen LogP contribution in [0.3, 0.4) is 0 Å². The maximum atomic E-state index is 7.97. The van der Waals surface area contributed by atoms with Crippen molar-refractivity contribution in [2.45, 2.75) is 39.2 Å². The topological polar surface area (TPSA) is 80.2 Å². The number of fused-ring (bicyclic) bond motifs is 1. The number of ether oxygens (including phenoxy) is 1. The van der Waals surface area contributed by atoms with E-state index in [9.17, 15) is 0 Å². The van der Waals surface area contributed by atoms with E-state index in [0.29, 0.717) is 5.92 Å². The van der Waals surface area contributed by atoms with E-state index in [0.717, 1.165) is 60.7 Å². The molecule has 3 aromatic rings. The number of para-hydroxylation sites is 2. The summed E-state index contributed by atoms with van der Waals surface area (Å²) in [6.45, 7) is 5.93. The Balaban J connectivity index is 1.47. The lowest BCUT2D eigenvalue weighted by Crippen LogP contribution is -2.36. The summed E-state index contributed by atoms with van der Waals surface area (Å²) >= 11 is 0. The van der Waals surface area contributed by atoms with E-state index < -0.39 is 0 Å². The van der Waals surface area contributed by atoms with Crippen molar-refractivity contribution in [1.82, 2.24) is 9.55 Å². The molecular formula is C24H31N5O. The lowest BCUT2D eigenvalue weighted by Gasteiger charge is -2.35. The third kappa shape index (κ3) is 4.13. The molecule has 0 atom stereocenters. The van der Waals surface area contributed by atoms with E-state index in [1.165, 1.54) is 5.52 Å². The van der Waals surface area contributed by atoms with Crippen LogP contribution >= 0.6 is 0 Å². The van der Waals surface area contributed by atoms with Crippen LogP contribution in [0, 0.1) is 11.3 Å². The van der Waals surface area contributed by atoms with Gasteiger partial charge in [0.15, 0.2) is 0 Å². The molecule has 158 valence electrons. The van der Waals surface area contributed by atoms with E-state index in [1.807, 2.05) is 38.1 Å². The third-order valence-electron chi connectivity index (χ3n) is 5.94. The lowest BCUT2D eigenvalue weighted by atomic mass is 9.92. The highest BCUT2D eigenvalue weighted by atomic mass is 16.5. The summed E-state index contributed by atoms with van der Waals surface area (Å²) in [6, 6.07) is 14.2. The monoisotopic (exact) mass is 405 g/mol. The minimum atomic E-state index is 0.0999. The van der Waals surface area contributed by atoms with Crippen LogP contribution in [-0.4, -0.2) is 34.6 Å². The number of nitrogen functional groups attached to an aromatic ring is 1. The largest absolute Gasteiger partial charge is 0.491 e. The molecule has 30 heavy (non-hydrogen) atoms. The minimum Gasteiger partial charge on any atom is -0.491 e. The molecule has 1 aromatic heterocycles. The number of imidazole rings is 1. The first kappa shape index (κ1) is 20.3. The number of nitrogens with two attached hydrogens (primary N) is 1. The fourth-order valence-electron chi connectivity index (χ4n) is 4.36. The van der Waals surface area contributed by atoms with Crippen molar-refractivity contribution in [3.63, 3.8) is 0 Å². The van der Waals surface area contributed by atoms with Gasteiger partial charge in [-0.2, -0.15) is 0 Å². The van der Waals surface area contributed by atoms with Gasteiger partial charge in [-0.25, -0.2) is 4.98 Å². The van der Waals surface area contributed by atoms with Gasteiger partial charge in [0.05, 0.1) is 22.8 Å². The molecule has 1 aliphatic rings. The first-order valence-electron chi connectivity index (χ1n) is 10.7. The van der Waals surface area contributed by atoms with Gasteiger partial charge in [-0.1, -0.05) is 12.1 Å². The lowest BCUT2D eigenvalue weighted by molar-refractivity contribution is 0.242. The first-order chi connectivity index (χ1) is 14.4. The normalized spacial score (nSPS) is 15.1. The van der Waals surface area contributed by atoms with Crippen molar-refractivity contribution in [2.75, 3.05) is 18.0 Å². The summed E-state index contributed by atoms with van der Waals surface area (Å²) in [5.74, 6) is 2.69. The van der Waals surface area contributed by atoms with E-state index in [2.05, 4.69) is 34.7 Å². The van der Waals surface area contributed by atoms with Crippen LogP contribution in [0.5, 0.6) is 5.75 Å². The number of anilines is 1. The number of hydrogen-bond acceptors (Lipinski definition) is 4. The molecule has 0 radical (unpaired) electrons. The molecule has 0 spiro atoms. The minimum absolute atomic E-state index is 0.0999. The van der Waals surface area contributed by atoms with Gasteiger partial charge < -0.3 is 19.9 Å². The highest BCUT2D eigenvalue weighted by Gasteiger charge is 2.24. The molecule has 0 amide bonds. The average molecular weight is 406 g/mol. The number of benzene rings is 2. The van der Waals surface area contributed by atoms with E-state index in [4.69, 9.17) is 20.9 Å². The number of nitrogens with zero attached hydrogens (tertiary/aromatic N) is 3. The van der Waals surface area contributed by atoms with Crippen LogP contribution in [0.25, 0.3) is 11.0 Å². The number of aryl methyl sites for hydroxylation is 1. The predicted octanol–water partition coefficient (Wildman–Crippen LogP) is 4.10. The number of aromatic nitrogens is 2. The summed E-state index contributed by atoms with van der Waals surface area (Å²) in [5, 5.41) is 7.97. The molecule has 4 rings (SSSR count). The Morgan fingerprint density at radius 3 is 2.60 bits per heavy atom. The fourth-order valence-corrected chi connectivity index (χ4v) is 4.36. The number of hydrogen-bond donors (Lipinski definition) is 2. The van der Waals surface area contributed by atoms with Crippen LogP contribution in [-0.2, 0) is 13.5 Å². The molecule has 1 saturated heterocycles. The SMILES string of the molecule is CC(C)Oc1ccc(C(=N)N)c(N2CCC(Cc3nc4ccccc4n3C)CC2)c1. The maximum absolute atomic E-state index is 7.97. The van der Waals surface area contributed by atoms with Gasteiger partial charge >= 0.3 is 0 Å². The van der Waals surface area contributed by atoms with Gasteiger partial charge in [-0.15, -0.1) is 0 Å². The third-order valence-corrected chi connectivity index (χ3v) is 5.94. The van der Waals surface area contributed by atoms with Gasteiger partial charge in [0.25, 0.3) is 0 Å². The zero-order chi connectivity index (χ0) is 21.3. The maximum Gasteiger partial charge on any atom is 0.124 e. The van der Waals surface area contributed by atoms with E-state index >= 15 is 0 Å². The van der Waals surface area contributed by atoms with Gasteiger partial charge in [0.2, 0.25) is 0 Å². The van der Waals surface area contributed by atoms with Gasteiger partial charge in [-0.05, 0) is 56.9 Å². The number of rotatable bonds is 6. The summed E-state index contributed by atoms with van der Waals surface area (Å²) in [7, 11) is 2.11. The Morgan fingerprint density at radius 2 is 1.93 bits per heavy atom. The van der Waals surface area contributed by atoms with Crippen molar-refractivity contribution in [1.29, 1.82) is 5.41 Å². The van der Waals surface area contributed by atoms with Crippen LogP contribution in [0.15, 0.2) is 42.5 Å². The number of amidine groups is 1. The highest BCUT2D eigenvalue weighted by Crippen LogP contribution is 2.31. The van der Waals surface area contributed by atoms with Crippen LogP contribution in [0.4, 0.5) is 5.69 Å². The smallest absolute Gasteiger partial charge is 0.124 e. The fraction of sp³-hybridized carbons (Fsp3) is 0.417. The van der Waals surface area contributed by atoms with Gasteiger partial charge in [-0.3, -0.25) is 5.41 Å². The Bertz CT molecular complexity index is 1050. The van der Waals surface area contributed by atoms with Gasteiger partial charge in [0, 0.05) is 38.2 Å². The summed E-state index contributed by atoms with van der Waals surface area (Å²) < 4.78 is 8.10. The molecule has 3 N–H and O–H groups in total. The number of nitrogens with one attached hydrogen (secondary N) is 1. The molecule has 1 fully saturated rings. The molecule has 0 unspecified atom stereocenters. The second-order valence-electron chi connectivity index (χ2n) is 8.47. The zero-order valence-corrected chi connectivity index (χ0v) is 18.1. The second kappa shape index (κ2) is 8.38. The molecule has 6 nitrogen and oxygen atoms in total. The number of piperidine rings is 1. The zero-order valence-electron chi connectivity index (χ0n) is 18.1. The summed E-state index contributed by atoms with van der Waals surface area (Å²) in [6.07, 6.45) is 3.29. The average Bonchev–Trinajstić information content (AvgIpc) is 3.03. The molecule has 2 heterocycles. The summed E-state index contributed by atoms with van der Waals surface area (Å²) in [5.41, 5.74) is 9.90. The Morgan fingerprint density at radius 1 is 1.20 bits per heavy atom. The molecule has 0 bridgehead atoms. The second-order valence-corrected chi connectivity index (χ2v) is 8.47. The molecular weight excluding hydrogens is 374 g/mol. The molecule has 2 aromatic carbocycles. The van der Waals surface area contributed by atoms with Gasteiger partial charge in [0.1, 0.15) is 17.4 Å². The van der Waals surface area contributed by atoms with E-state index in [1.54, 1.807) is 0 Å². The van der Waals surface area contributed by atoms with Crippen LogP contribution in [0.1, 0.15) is 38.1 Å².